The zero-order chi connectivity index (χ0) is 18.5. The van der Waals surface area contributed by atoms with Gasteiger partial charge in [0.05, 0.1) is 13.2 Å². The number of morpholine rings is 1. The standard InChI is InChI=1S/C21H28N4O2/c26-21(20-18-8-4-5-9-19(18)23-24-20)22-15-17(25-10-12-27-13-11-25)14-16-6-2-1-3-7-16/h1-3,6-7,17H,4-5,8-15H2,(H,22,26)(H,23,24). The predicted molar refractivity (Wildman–Crippen MR) is 104 cm³/mol. The molecule has 1 aromatic carbocycles. The number of aromatic nitrogens is 2. The van der Waals surface area contributed by atoms with Crippen molar-refractivity contribution in [3.8, 4) is 0 Å². The Hall–Kier alpha value is -2.18. The first-order chi connectivity index (χ1) is 13.3. The molecule has 1 saturated heterocycles. The lowest BCUT2D eigenvalue weighted by atomic mass is 9.95. The lowest BCUT2D eigenvalue weighted by Crippen LogP contribution is -2.49. The molecule has 0 bridgehead atoms. The van der Waals surface area contributed by atoms with E-state index in [0.29, 0.717) is 12.2 Å². The Kier molecular flexibility index (Phi) is 5.84. The second kappa shape index (κ2) is 8.67. The quantitative estimate of drug-likeness (QED) is 0.818. The molecule has 1 unspecified atom stereocenters. The second-order valence-electron chi connectivity index (χ2n) is 7.44. The third-order valence-corrected chi connectivity index (χ3v) is 5.65. The molecule has 2 heterocycles. The van der Waals surface area contributed by atoms with E-state index in [1.165, 1.54) is 12.0 Å². The van der Waals surface area contributed by atoms with E-state index < -0.39 is 0 Å². The van der Waals surface area contributed by atoms with E-state index in [2.05, 4.69) is 44.7 Å². The number of hydrogen-bond acceptors (Lipinski definition) is 4. The number of amides is 1. The van der Waals surface area contributed by atoms with Crippen LogP contribution in [0.1, 0.15) is 40.2 Å². The molecule has 1 aliphatic heterocycles. The number of H-pyrrole nitrogens is 1. The van der Waals surface area contributed by atoms with Crippen LogP contribution in [-0.2, 0) is 24.0 Å². The Labute approximate surface area is 160 Å². The molecule has 1 amide bonds. The van der Waals surface area contributed by atoms with Crippen LogP contribution in [-0.4, -0.2) is 59.9 Å². The number of rotatable bonds is 6. The van der Waals surface area contributed by atoms with Gasteiger partial charge in [0.15, 0.2) is 5.69 Å². The van der Waals surface area contributed by atoms with Crippen molar-refractivity contribution in [3.63, 3.8) is 0 Å². The van der Waals surface area contributed by atoms with Gasteiger partial charge < -0.3 is 10.1 Å². The zero-order valence-corrected chi connectivity index (χ0v) is 15.7. The molecule has 27 heavy (non-hydrogen) atoms. The first-order valence-electron chi connectivity index (χ1n) is 10.0. The highest BCUT2D eigenvalue weighted by Crippen LogP contribution is 2.22. The molecule has 2 N–H and O–H groups in total. The number of carbonyl (C=O) groups excluding carboxylic acids is 1. The fraction of sp³-hybridized carbons (Fsp3) is 0.524. The molecule has 0 saturated carbocycles. The summed E-state index contributed by atoms with van der Waals surface area (Å²) in [5.41, 5.74) is 4.13. The van der Waals surface area contributed by atoms with Gasteiger partial charge in [-0.25, -0.2) is 0 Å². The summed E-state index contributed by atoms with van der Waals surface area (Å²) in [5.74, 6) is -0.0549. The number of hydrogen-bond donors (Lipinski definition) is 2. The van der Waals surface area contributed by atoms with Gasteiger partial charge in [-0.2, -0.15) is 5.10 Å². The molecule has 1 aliphatic carbocycles. The Morgan fingerprint density at radius 3 is 2.78 bits per heavy atom. The highest BCUT2D eigenvalue weighted by molar-refractivity contribution is 5.94. The van der Waals surface area contributed by atoms with E-state index in [4.69, 9.17) is 4.74 Å². The highest BCUT2D eigenvalue weighted by Gasteiger charge is 2.25. The summed E-state index contributed by atoms with van der Waals surface area (Å²) in [5, 5.41) is 10.5. The number of aryl methyl sites for hydroxylation is 1. The van der Waals surface area contributed by atoms with Gasteiger partial charge in [-0.3, -0.25) is 14.8 Å². The van der Waals surface area contributed by atoms with Crippen molar-refractivity contribution in [1.82, 2.24) is 20.4 Å². The normalized spacial score (nSPS) is 18.7. The minimum atomic E-state index is -0.0549. The predicted octanol–water partition coefficient (Wildman–Crippen LogP) is 1.96. The molecule has 0 spiro atoms. The molecule has 6 nitrogen and oxygen atoms in total. The summed E-state index contributed by atoms with van der Waals surface area (Å²) in [6.07, 6.45) is 5.18. The number of nitrogens with one attached hydrogen (secondary N) is 2. The van der Waals surface area contributed by atoms with Gasteiger partial charge in [0.25, 0.3) is 5.91 Å². The lowest BCUT2D eigenvalue weighted by Gasteiger charge is -2.34. The third-order valence-electron chi connectivity index (χ3n) is 5.65. The zero-order valence-electron chi connectivity index (χ0n) is 15.7. The van der Waals surface area contributed by atoms with Gasteiger partial charge in [0.2, 0.25) is 0 Å². The largest absolute Gasteiger partial charge is 0.379 e. The van der Waals surface area contributed by atoms with Gasteiger partial charge in [0, 0.05) is 36.9 Å². The van der Waals surface area contributed by atoms with E-state index in [9.17, 15) is 4.79 Å². The van der Waals surface area contributed by atoms with Crippen LogP contribution in [0, 0.1) is 0 Å². The number of nitrogens with zero attached hydrogens (tertiary/aromatic N) is 2. The topological polar surface area (TPSA) is 70.2 Å². The number of benzene rings is 1. The van der Waals surface area contributed by atoms with Crippen molar-refractivity contribution >= 4 is 5.91 Å². The maximum absolute atomic E-state index is 12.8. The van der Waals surface area contributed by atoms with Crippen LogP contribution in [0.2, 0.25) is 0 Å². The Bertz CT molecular complexity index is 753. The monoisotopic (exact) mass is 368 g/mol. The van der Waals surface area contributed by atoms with Crippen LogP contribution in [0.15, 0.2) is 30.3 Å². The van der Waals surface area contributed by atoms with Crippen LogP contribution < -0.4 is 5.32 Å². The fourth-order valence-electron chi connectivity index (χ4n) is 4.12. The molecule has 1 aromatic heterocycles. The molecule has 144 valence electrons. The highest BCUT2D eigenvalue weighted by atomic mass is 16.5. The van der Waals surface area contributed by atoms with E-state index in [0.717, 1.165) is 63.2 Å². The average Bonchev–Trinajstić information content (AvgIpc) is 3.16. The number of ether oxygens (including phenoxy) is 1. The maximum Gasteiger partial charge on any atom is 0.272 e. The SMILES string of the molecule is O=C(NCC(Cc1ccccc1)N1CCOCC1)c1n[nH]c2c1CCCC2. The lowest BCUT2D eigenvalue weighted by molar-refractivity contribution is 0.0167. The summed E-state index contributed by atoms with van der Waals surface area (Å²) in [6, 6.07) is 10.7. The van der Waals surface area contributed by atoms with Crippen molar-refractivity contribution in [3.05, 3.63) is 52.8 Å². The molecule has 0 radical (unpaired) electrons. The maximum atomic E-state index is 12.8. The average molecular weight is 368 g/mol. The number of fused-ring (bicyclic) bond motifs is 1. The Morgan fingerprint density at radius 2 is 1.96 bits per heavy atom. The minimum absolute atomic E-state index is 0.0549. The summed E-state index contributed by atoms with van der Waals surface area (Å²) in [7, 11) is 0. The molecular formula is C21H28N4O2. The Morgan fingerprint density at radius 1 is 1.19 bits per heavy atom. The second-order valence-corrected chi connectivity index (χ2v) is 7.44. The van der Waals surface area contributed by atoms with E-state index >= 15 is 0 Å². The van der Waals surface area contributed by atoms with Crippen molar-refractivity contribution in [1.29, 1.82) is 0 Å². The molecule has 2 aliphatic rings. The van der Waals surface area contributed by atoms with Crippen LogP contribution in [0.4, 0.5) is 0 Å². The van der Waals surface area contributed by atoms with Gasteiger partial charge in [-0.05, 0) is 37.7 Å². The fourth-order valence-corrected chi connectivity index (χ4v) is 4.12. The molecule has 6 heteroatoms. The van der Waals surface area contributed by atoms with Crippen LogP contribution >= 0.6 is 0 Å². The molecule has 1 fully saturated rings. The summed E-state index contributed by atoms with van der Waals surface area (Å²) in [4.78, 5) is 15.2. The summed E-state index contributed by atoms with van der Waals surface area (Å²) >= 11 is 0. The third kappa shape index (κ3) is 4.39. The van der Waals surface area contributed by atoms with Crippen molar-refractivity contribution in [2.45, 2.75) is 38.1 Å². The summed E-state index contributed by atoms with van der Waals surface area (Å²) < 4.78 is 5.50. The van der Waals surface area contributed by atoms with E-state index in [1.54, 1.807) is 0 Å². The Balaban J connectivity index is 1.43. The number of aromatic amines is 1. The molecule has 2 aromatic rings. The van der Waals surface area contributed by atoms with Gasteiger partial charge in [-0.15, -0.1) is 0 Å². The first kappa shape index (κ1) is 18.2. The molecule has 4 rings (SSSR count). The molecular weight excluding hydrogens is 340 g/mol. The van der Waals surface area contributed by atoms with Crippen molar-refractivity contribution in [2.24, 2.45) is 0 Å². The first-order valence-corrected chi connectivity index (χ1v) is 10.0. The van der Waals surface area contributed by atoms with Crippen LogP contribution in [0.3, 0.4) is 0 Å². The van der Waals surface area contributed by atoms with E-state index in [-0.39, 0.29) is 11.9 Å². The van der Waals surface area contributed by atoms with Gasteiger partial charge >= 0.3 is 0 Å². The van der Waals surface area contributed by atoms with Crippen LogP contribution in [0.5, 0.6) is 0 Å². The minimum Gasteiger partial charge on any atom is -0.379 e. The molecule has 1 atom stereocenters. The van der Waals surface area contributed by atoms with Crippen molar-refractivity contribution in [2.75, 3.05) is 32.8 Å². The van der Waals surface area contributed by atoms with E-state index in [1.807, 2.05) is 6.07 Å². The van der Waals surface area contributed by atoms with Gasteiger partial charge in [-0.1, -0.05) is 30.3 Å². The summed E-state index contributed by atoms with van der Waals surface area (Å²) in [6.45, 7) is 3.95. The smallest absolute Gasteiger partial charge is 0.272 e. The van der Waals surface area contributed by atoms with Crippen LogP contribution in [0.25, 0.3) is 0 Å². The van der Waals surface area contributed by atoms with Crippen molar-refractivity contribution < 1.29 is 9.53 Å². The van der Waals surface area contributed by atoms with Gasteiger partial charge in [0.1, 0.15) is 0 Å². The number of carbonyl (C=O) groups is 1.